The van der Waals surface area contributed by atoms with E-state index in [1.807, 2.05) is 42.5 Å². The largest absolute Gasteiger partial charge is 0.326 e. The molecule has 6 heteroatoms. The summed E-state index contributed by atoms with van der Waals surface area (Å²) in [6.07, 6.45) is 6.76. The molecule has 1 aliphatic heterocycles. The highest BCUT2D eigenvalue weighted by Gasteiger charge is 2.25. The van der Waals surface area contributed by atoms with Gasteiger partial charge in [-0.25, -0.2) is 0 Å². The number of anilines is 2. The van der Waals surface area contributed by atoms with E-state index in [-0.39, 0.29) is 18.2 Å². The number of benzene rings is 2. The molecule has 2 amide bonds. The van der Waals surface area contributed by atoms with Crippen LogP contribution in [0.1, 0.15) is 44.1 Å². The fourth-order valence-electron chi connectivity index (χ4n) is 4.52. The number of rotatable bonds is 7. The summed E-state index contributed by atoms with van der Waals surface area (Å²) in [5.74, 6) is 0.428. The van der Waals surface area contributed by atoms with Gasteiger partial charge >= 0.3 is 0 Å². The highest BCUT2D eigenvalue weighted by Crippen LogP contribution is 2.35. The lowest BCUT2D eigenvalue weighted by molar-refractivity contribution is -0.117. The number of amides is 2. The van der Waals surface area contributed by atoms with Crippen molar-refractivity contribution in [2.75, 3.05) is 29.6 Å². The molecule has 0 unspecified atom stereocenters. The predicted octanol–water partition coefficient (Wildman–Crippen LogP) is 4.92. The zero-order chi connectivity index (χ0) is 21.6. The average Bonchev–Trinajstić information content (AvgIpc) is 2.80. The molecule has 0 aromatic heterocycles. The van der Waals surface area contributed by atoms with Gasteiger partial charge in [-0.1, -0.05) is 49.6 Å². The van der Waals surface area contributed by atoms with Gasteiger partial charge in [-0.15, -0.1) is 11.8 Å². The molecule has 0 spiro atoms. The van der Waals surface area contributed by atoms with Gasteiger partial charge in [-0.05, 0) is 43.7 Å². The number of carbonyl (C=O) groups excluding carboxylic acids is 2. The van der Waals surface area contributed by atoms with Crippen molar-refractivity contribution in [2.45, 2.75) is 56.0 Å². The van der Waals surface area contributed by atoms with Crippen LogP contribution in [-0.2, 0) is 16.1 Å². The SMILES string of the molecule is CN(Cc1ccccc1NC(=O)CCN1C(=O)CSc2ccccc21)C1CCCCC1. The first-order valence-corrected chi connectivity index (χ1v) is 12.2. The van der Waals surface area contributed by atoms with Crippen LogP contribution in [0.4, 0.5) is 11.4 Å². The number of para-hydroxylation sites is 2. The Balaban J connectivity index is 1.36. The van der Waals surface area contributed by atoms with Crippen molar-refractivity contribution in [2.24, 2.45) is 0 Å². The molecule has 31 heavy (non-hydrogen) atoms. The minimum atomic E-state index is -0.0590. The summed E-state index contributed by atoms with van der Waals surface area (Å²) in [5, 5.41) is 3.09. The van der Waals surface area contributed by atoms with Crippen molar-refractivity contribution in [1.82, 2.24) is 4.90 Å². The molecule has 1 saturated carbocycles. The van der Waals surface area contributed by atoms with Crippen LogP contribution in [0.5, 0.6) is 0 Å². The van der Waals surface area contributed by atoms with Crippen molar-refractivity contribution in [1.29, 1.82) is 0 Å². The molecule has 1 heterocycles. The summed E-state index contributed by atoms with van der Waals surface area (Å²) < 4.78 is 0. The minimum absolute atomic E-state index is 0.0590. The van der Waals surface area contributed by atoms with E-state index in [1.165, 1.54) is 32.1 Å². The molecule has 1 aliphatic carbocycles. The highest BCUT2D eigenvalue weighted by atomic mass is 32.2. The van der Waals surface area contributed by atoms with Crippen LogP contribution in [0.3, 0.4) is 0 Å². The van der Waals surface area contributed by atoms with Crippen molar-refractivity contribution in [3.05, 3.63) is 54.1 Å². The number of nitrogens with one attached hydrogen (secondary N) is 1. The van der Waals surface area contributed by atoms with E-state index in [9.17, 15) is 9.59 Å². The Hall–Kier alpha value is -2.31. The zero-order valence-corrected chi connectivity index (χ0v) is 19.0. The van der Waals surface area contributed by atoms with E-state index in [0.717, 1.165) is 28.4 Å². The molecule has 0 saturated heterocycles. The Kier molecular flexibility index (Phi) is 7.30. The second kappa shape index (κ2) is 10.3. The number of carbonyl (C=O) groups is 2. The lowest BCUT2D eigenvalue weighted by Gasteiger charge is -2.31. The van der Waals surface area contributed by atoms with E-state index in [4.69, 9.17) is 0 Å². The zero-order valence-electron chi connectivity index (χ0n) is 18.2. The molecule has 2 aromatic carbocycles. The molecule has 1 N–H and O–H groups in total. The smallest absolute Gasteiger partial charge is 0.237 e. The Morgan fingerprint density at radius 1 is 1.10 bits per heavy atom. The molecule has 2 aliphatic rings. The fraction of sp³-hybridized carbons (Fsp3) is 0.440. The van der Waals surface area contributed by atoms with E-state index in [1.54, 1.807) is 16.7 Å². The third-order valence-corrected chi connectivity index (χ3v) is 7.33. The third kappa shape index (κ3) is 5.49. The van der Waals surface area contributed by atoms with Gasteiger partial charge in [0.05, 0.1) is 11.4 Å². The van der Waals surface area contributed by atoms with Crippen molar-refractivity contribution in [3.63, 3.8) is 0 Å². The summed E-state index contributed by atoms with van der Waals surface area (Å²) >= 11 is 1.56. The van der Waals surface area contributed by atoms with E-state index >= 15 is 0 Å². The molecule has 0 radical (unpaired) electrons. The average molecular weight is 438 g/mol. The van der Waals surface area contributed by atoms with Gasteiger partial charge in [0.1, 0.15) is 0 Å². The normalized spacial score (nSPS) is 17.0. The van der Waals surface area contributed by atoms with Crippen LogP contribution >= 0.6 is 11.8 Å². The van der Waals surface area contributed by atoms with Gasteiger partial charge in [0.15, 0.2) is 0 Å². The van der Waals surface area contributed by atoms with Gasteiger partial charge in [-0.3, -0.25) is 14.5 Å². The molecule has 5 nitrogen and oxygen atoms in total. The molecule has 2 aromatic rings. The number of fused-ring (bicyclic) bond motifs is 1. The fourth-order valence-corrected chi connectivity index (χ4v) is 5.46. The lowest BCUT2D eigenvalue weighted by atomic mass is 9.94. The van der Waals surface area contributed by atoms with Crippen LogP contribution in [0.15, 0.2) is 53.4 Å². The number of hydrogen-bond donors (Lipinski definition) is 1. The summed E-state index contributed by atoms with van der Waals surface area (Å²) in [4.78, 5) is 30.4. The minimum Gasteiger partial charge on any atom is -0.326 e. The van der Waals surface area contributed by atoms with E-state index < -0.39 is 0 Å². The van der Waals surface area contributed by atoms with Crippen LogP contribution in [-0.4, -0.2) is 42.1 Å². The first-order chi connectivity index (χ1) is 15.1. The quantitative estimate of drug-likeness (QED) is 0.668. The van der Waals surface area contributed by atoms with Gasteiger partial charge < -0.3 is 10.2 Å². The van der Waals surface area contributed by atoms with Crippen LogP contribution in [0, 0.1) is 0 Å². The van der Waals surface area contributed by atoms with Crippen molar-refractivity contribution >= 4 is 35.0 Å². The number of nitrogens with zero attached hydrogens (tertiary/aromatic N) is 2. The number of thioether (sulfide) groups is 1. The topological polar surface area (TPSA) is 52.7 Å². The van der Waals surface area contributed by atoms with Crippen LogP contribution in [0.25, 0.3) is 0 Å². The summed E-state index contributed by atoms with van der Waals surface area (Å²) in [6, 6.07) is 16.6. The molecular weight excluding hydrogens is 406 g/mol. The maximum Gasteiger partial charge on any atom is 0.237 e. The van der Waals surface area contributed by atoms with E-state index in [0.29, 0.717) is 18.3 Å². The third-order valence-electron chi connectivity index (χ3n) is 6.28. The van der Waals surface area contributed by atoms with Crippen LogP contribution in [0.2, 0.25) is 0 Å². The standard InChI is InChI=1S/C25H31N3O2S/c1-27(20-10-3-2-4-11-20)17-19-9-5-6-12-21(19)26-24(29)15-16-28-22-13-7-8-14-23(22)31-18-25(28)30/h5-9,12-14,20H,2-4,10-11,15-18H2,1H3,(H,26,29). The van der Waals surface area contributed by atoms with Crippen LogP contribution < -0.4 is 10.2 Å². The first-order valence-electron chi connectivity index (χ1n) is 11.2. The molecule has 4 rings (SSSR count). The summed E-state index contributed by atoms with van der Waals surface area (Å²) in [7, 11) is 2.19. The predicted molar refractivity (Wildman–Crippen MR) is 128 cm³/mol. The summed E-state index contributed by atoms with van der Waals surface area (Å²) in [5.41, 5.74) is 2.92. The van der Waals surface area contributed by atoms with Gasteiger partial charge in [0, 0.05) is 36.1 Å². The molecule has 0 bridgehead atoms. The lowest BCUT2D eigenvalue weighted by Crippen LogP contribution is -2.37. The Labute approximate surface area is 189 Å². The molecule has 164 valence electrons. The van der Waals surface area contributed by atoms with Gasteiger partial charge in [0.25, 0.3) is 0 Å². The Morgan fingerprint density at radius 3 is 2.68 bits per heavy atom. The van der Waals surface area contributed by atoms with Gasteiger partial charge in [-0.2, -0.15) is 0 Å². The highest BCUT2D eigenvalue weighted by molar-refractivity contribution is 8.00. The Morgan fingerprint density at radius 2 is 1.84 bits per heavy atom. The maximum absolute atomic E-state index is 12.7. The molecule has 1 fully saturated rings. The molecule has 0 atom stereocenters. The second-order valence-corrected chi connectivity index (χ2v) is 9.48. The first kappa shape index (κ1) is 21.9. The maximum atomic E-state index is 12.7. The monoisotopic (exact) mass is 437 g/mol. The van der Waals surface area contributed by atoms with Gasteiger partial charge in [0.2, 0.25) is 11.8 Å². The van der Waals surface area contributed by atoms with Crippen molar-refractivity contribution in [3.8, 4) is 0 Å². The Bertz CT molecular complexity index is 926. The van der Waals surface area contributed by atoms with Crippen molar-refractivity contribution < 1.29 is 9.59 Å². The van der Waals surface area contributed by atoms with E-state index in [2.05, 4.69) is 23.3 Å². The molecular formula is C25H31N3O2S. The second-order valence-electron chi connectivity index (χ2n) is 8.46. The summed E-state index contributed by atoms with van der Waals surface area (Å²) in [6.45, 7) is 1.22. The number of hydrogen-bond acceptors (Lipinski definition) is 4.